The number of nitrogens with zero attached hydrogens (tertiary/aromatic N) is 3. The molecule has 146 valence electrons. The topological polar surface area (TPSA) is 162 Å². The van der Waals surface area contributed by atoms with E-state index >= 15 is 0 Å². The van der Waals surface area contributed by atoms with E-state index < -0.39 is 78.6 Å². The van der Waals surface area contributed by atoms with Gasteiger partial charge >= 0.3 is 0 Å². The van der Waals surface area contributed by atoms with Crippen molar-refractivity contribution < 1.29 is 43.1 Å². The van der Waals surface area contributed by atoms with Crippen LogP contribution < -0.4 is 5.32 Å². The van der Waals surface area contributed by atoms with Crippen molar-refractivity contribution in [3.05, 3.63) is 39.3 Å². The Labute approximate surface area is 143 Å². The number of benzene rings is 1. The molecule has 4 atom stereocenters. The van der Waals surface area contributed by atoms with Crippen LogP contribution in [0.3, 0.4) is 0 Å². The van der Waals surface area contributed by atoms with Crippen molar-refractivity contribution in [2.75, 3.05) is 13.2 Å². The highest BCUT2D eigenvalue weighted by Crippen LogP contribution is 2.30. The monoisotopic (exact) mass is 384 g/mol. The Morgan fingerprint density at radius 1 is 0.923 bits per heavy atom. The lowest BCUT2D eigenvalue weighted by Gasteiger charge is -2.25. The van der Waals surface area contributed by atoms with E-state index in [1.807, 2.05) is 0 Å². The molecule has 0 aromatic heterocycles. The molecule has 0 radical (unpaired) electrons. The molecule has 13 heteroatoms. The van der Waals surface area contributed by atoms with Gasteiger partial charge in [0.15, 0.2) is 23.3 Å². The molecule has 26 heavy (non-hydrogen) atoms. The quantitative estimate of drug-likeness (QED) is 0.113. The van der Waals surface area contributed by atoms with Crippen LogP contribution in [-0.2, 0) is 6.54 Å². The molecular formula is C13H16F4N4O5. The average Bonchev–Trinajstić information content (AvgIpc) is 2.64. The fourth-order valence-corrected chi connectivity index (χ4v) is 1.98. The van der Waals surface area contributed by atoms with Crippen LogP contribution in [0.25, 0.3) is 10.4 Å². The number of nitrogens with one attached hydrogen (secondary N) is 1. The van der Waals surface area contributed by atoms with Gasteiger partial charge in [-0.3, -0.25) is 0 Å². The number of aliphatic hydroxyl groups excluding tert-OH is 5. The summed E-state index contributed by atoms with van der Waals surface area (Å²) in [4.78, 5) is 2.06. The Balaban J connectivity index is 2.84. The molecule has 1 aromatic carbocycles. The Hall–Kier alpha value is -1.99. The third-order valence-electron chi connectivity index (χ3n) is 3.46. The van der Waals surface area contributed by atoms with E-state index in [9.17, 15) is 32.9 Å². The van der Waals surface area contributed by atoms with E-state index in [1.54, 1.807) is 0 Å². The lowest BCUT2D eigenvalue weighted by atomic mass is 10.0. The predicted molar refractivity (Wildman–Crippen MR) is 77.9 cm³/mol. The summed E-state index contributed by atoms with van der Waals surface area (Å²) in [6.45, 7) is -2.33. The third kappa shape index (κ3) is 4.80. The molecule has 0 bridgehead atoms. The molecule has 6 N–H and O–H groups in total. The summed E-state index contributed by atoms with van der Waals surface area (Å²) < 4.78 is 54.7. The predicted octanol–water partition coefficient (Wildman–Crippen LogP) is -0.290. The second kappa shape index (κ2) is 9.64. The first-order valence-electron chi connectivity index (χ1n) is 7.11. The Morgan fingerprint density at radius 2 is 1.42 bits per heavy atom. The summed E-state index contributed by atoms with van der Waals surface area (Å²) in [6.07, 6.45) is -7.34. The van der Waals surface area contributed by atoms with Crippen LogP contribution in [-0.4, -0.2) is 63.1 Å². The second-order valence-corrected chi connectivity index (χ2v) is 5.20. The highest BCUT2D eigenvalue weighted by molar-refractivity contribution is 5.44. The van der Waals surface area contributed by atoms with Crippen LogP contribution in [0, 0.1) is 23.3 Å². The molecule has 0 saturated carbocycles. The lowest BCUT2D eigenvalue weighted by molar-refractivity contribution is -0.114. The van der Waals surface area contributed by atoms with Gasteiger partial charge in [0.2, 0.25) is 0 Å². The number of rotatable bonds is 9. The van der Waals surface area contributed by atoms with Gasteiger partial charge in [0.25, 0.3) is 0 Å². The van der Waals surface area contributed by atoms with Gasteiger partial charge in [-0.2, -0.15) is 0 Å². The number of aliphatic hydroxyl groups is 5. The molecule has 0 aliphatic rings. The van der Waals surface area contributed by atoms with Gasteiger partial charge in [-0.1, -0.05) is 5.11 Å². The van der Waals surface area contributed by atoms with E-state index in [2.05, 4.69) is 15.3 Å². The van der Waals surface area contributed by atoms with Crippen molar-refractivity contribution >= 4 is 5.69 Å². The molecule has 0 unspecified atom stereocenters. The zero-order valence-corrected chi connectivity index (χ0v) is 13.0. The Kier molecular flexibility index (Phi) is 8.17. The summed E-state index contributed by atoms with van der Waals surface area (Å²) in [5, 5.41) is 51.1. The van der Waals surface area contributed by atoms with Crippen molar-refractivity contribution in [2.45, 2.75) is 31.0 Å². The van der Waals surface area contributed by atoms with E-state index in [4.69, 9.17) is 15.7 Å². The van der Waals surface area contributed by atoms with Crippen molar-refractivity contribution in [2.24, 2.45) is 5.11 Å². The molecule has 0 fully saturated rings. The number of azide groups is 1. The van der Waals surface area contributed by atoms with Crippen LogP contribution in [0.1, 0.15) is 5.56 Å². The van der Waals surface area contributed by atoms with Gasteiger partial charge in [-0.05, 0) is 5.53 Å². The fourth-order valence-electron chi connectivity index (χ4n) is 1.98. The van der Waals surface area contributed by atoms with E-state index in [-0.39, 0.29) is 0 Å². The second-order valence-electron chi connectivity index (χ2n) is 5.20. The molecule has 0 saturated heterocycles. The SMILES string of the molecule is [N-]=[N+]=Nc1c(F)c(F)c(CNC[C@H](O)[C@@H](O)[C@H](O)[C@H](O)CO)c(F)c1F. The average molecular weight is 384 g/mol. The molecule has 1 aromatic rings. The maximum absolute atomic E-state index is 13.8. The molecule has 0 spiro atoms. The van der Waals surface area contributed by atoms with E-state index in [1.165, 1.54) is 0 Å². The first-order valence-corrected chi connectivity index (χ1v) is 7.11. The molecule has 0 aliphatic carbocycles. The third-order valence-corrected chi connectivity index (χ3v) is 3.46. The van der Waals surface area contributed by atoms with E-state index in [0.29, 0.717) is 0 Å². The first kappa shape index (κ1) is 22.1. The fraction of sp³-hybridized carbons (Fsp3) is 0.538. The van der Waals surface area contributed by atoms with Crippen molar-refractivity contribution in [3.63, 3.8) is 0 Å². The molecule has 0 heterocycles. The van der Waals surface area contributed by atoms with Crippen LogP contribution in [0.2, 0.25) is 0 Å². The van der Waals surface area contributed by atoms with Gasteiger partial charge in [0.05, 0.1) is 12.7 Å². The highest BCUT2D eigenvalue weighted by Gasteiger charge is 2.30. The van der Waals surface area contributed by atoms with Gasteiger partial charge in [-0.25, -0.2) is 17.6 Å². The van der Waals surface area contributed by atoms with E-state index in [0.717, 1.165) is 0 Å². The smallest absolute Gasteiger partial charge is 0.171 e. The van der Waals surface area contributed by atoms with Crippen molar-refractivity contribution in [3.8, 4) is 0 Å². The number of hydrogen-bond donors (Lipinski definition) is 6. The standard InChI is InChI=1S/C13H16F4N4O5/c14-7-4(8(15)10(17)11(9(7)16)20-21-18)1-19-2-5(23)12(25)13(26)6(24)3-22/h5-6,12-13,19,22-26H,1-3H2/t5-,6+,12+,13+/m0/s1. The lowest BCUT2D eigenvalue weighted by Crippen LogP contribution is -2.49. The zero-order valence-electron chi connectivity index (χ0n) is 13.0. The highest BCUT2D eigenvalue weighted by atomic mass is 19.2. The summed E-state index contributed by atoms with van der Waals surface area (Å²) >= 11 is 0. The van der Waals surface area contributed by atoms with Gasteiger partial charge in [-0.15, -0.1) is 0 Å². The molecular weight excluding hydrogens is 368 g/mol. The minimum atomic E-state index is -1.93. The van der Waals surface area contributed by atoms with Gasteiger partial charge < -0.3 is 30.8 Å². The molecule has 1 rings (SSSR count). The molecule has 0 aliphatic heterocycles. The van der Waals surface area contributed by atoms with Gasteiger partial charge in [0.1, 0.15) is 24.0 Å². The first-order chi connectivity index (χ1) is 12.2. The number of hydrogen-bond acceptors (Lipinski definition) is 7. The maximum Gasteiger partial charge on any atom is 0.171 e. The summed E-state index contributed by atoms with van der Waals surface area (Å²) in [6, 6.07) is 0. The zero-order chi connectivity index (χ0) is 20.0. The normalized spacial score (nSPS) is 15.9. The van der Waals surface area contributed by atoms with Crippen LogP contribution in [0.4, 0.5) is 23.2 Å². The summed E-state index contributed by atoms with van der Waals surface area (Å²) in [7, 11) is 0. The van der Waals surface area contributed by atoms with Crippen LogP contribution in [0.15, 0.2) is 5.11 Å². The maximum atomic E-state index is 13.8. The van der Waals surface area contributed by atoms with Crippen LogP contribution >= 0.6 is 0 Å². The van der Waals surface area contributed by atoms with Crippen molar-refractivity contribution in [1.82, 2.24) is 5.32 Å². The Bertz CT molecular complexity index is 660. The van der Waals surface area contributed by atoms with Gasteiger partial charge in [0, 0.05) is 23.6 Å². The van der Waals surface area contributed by atoms with Crippen molar-refractivity contribution in [1.29, 1.82) is 0 Å². The largest absolute Gasteiger partial charge is 0.394 e. The van der Waals surface area contributed by atoms with Crippen LogP contribution in [0.5, 0.6) is 0 Å². The summed E-state index contributed by atoms with van der Waals surface area (Å²) in [5.41, 5.74) is 5.58. The molecule has 9 nitrogen and oxygen atoms in total. The summed E-state index contributed by atoms with van der Waals surface area (Å²) in [5.74, 6) is -7.43. The minimum absolute atomic E-state index is 0.601. The minimum Gasteiger partial charge on any atom is -0.394 e. The number of halogens is 4. The molecule has 0 amide bonds. The Morgan fingerprint density at radius 3 is 1.88 bits per heavy atom.